The average Bonchev–Trinajstić information content (AvgIpc) is 3.04. The Kier molecular flexibility index (Phi) is 8.00. The molecule has 0 radical (unpaired) electrons. The van der Waals surface area contributed by atoms with Crippen molar-refractivity contribution in [2.24, 2.45) is 0 Å². The van der Waals surface area contributed by atoms with Gasteiger partial charge in [0.05, 0.1) is 29.9 Å². The average molecular weight is 474 g/mol. The summed E-state index contributed by atoms with van der Waals surface area (Å²) in [4.78, 5) is 27.5. The Labute approximate surface area is 198 Å². The molecule has 3 rings (SSSR count). The number of amides is 1. The molecule has 2 aromatic rings. The van der Waals surface area contributed by atoms with E-state index in [0.29, 0.717) is 30.1 Å². The number of halogens is 1. The standard InChI is InChI=1S/C25H28ClNO6/c1-15(2)33-17-8-6-16(7-9-17)22-21(24(29)25(30)27(22)12-5-13-31-3)23(28)19-14-18(32-4)10-11-20(19)26/h6-11,14-15,22,28H,5,12-13H2,1-4H3/b23-21+. The first-order chi connectivity index (χ1) is 15.8. The zero-order valence-corrected chi connectivity index (χ0v) is 19.9. The predicted octanol–water partition coefficient (Wildman–Crippen LogP) is 4.59. The van der Waals surface area contributed by atoms with Crippen LogP contribution in [0.1, 0.15) is 37.4 Å². The Morgan fingerprint density at radius 3 is 2.36 bits per heavy atom. The molecule has 0 aromatic heterocycles. The van der Waals surface area contributed by atoms with Crippen molar-refractivity contribution in [3.05, 3.63) is 64.2 Å². The fourth-order valence-corrected chi connectivity index (χ4v) is 4.00. The third-order valence-corrected chi connectivity index (χ3v) is 5.61. The lowest BCUT2D eigenvalue weighted by atomic mass is 9.95. The summed E-state index contributed by atoms with van der Waals surface area (Å²) in [6, 6.07) is 11.1. The van der Waals surface area contributed by atoms with Crippen molar-refractivity contribution < 1.29 is 28.9 Å². The van der Waals surface area contributed by atoms with E-state index in [0.717, 1.165) is 0 Å². The maximum Gasteiger partial charge on any atom is 0.295 e. The molecule has 0 bridgehead atoms. The molecule has 176 valence electrons. The Morgan fingerprint density at radius 2 is 1.76 bits per heavy atom. The number of hydrogen-bond acceptors (Lipinski definition) is 6. The van der Waals surface area contributed by atoms with E-state index >= 15 is 0 Å². The SMILES string of the molecule is COCCCN1C(=O)C(=O)/C(=C(/O)c2cc(OC)ccc2Cl)C1c1ccc(OC(C)C)cc1. The van der Waals surface area contributed by atoms with E-state index in [2.05, 4.69) is 0 Å². The van der Waals surface area contributed by atoms with Crippen LogP contribution in [0.3, 0.4) is 0 Å². The molecular weight excluding hydrogens is 446 g/mol. The van der Waals surface area contributed by atoms with Crippen LogP contribution in [0.15, 0.2) is 48.0 Å². The number of aliphatic hydroxyl groups is 1. The molecule has 1 aliphatic heterocycles. The van der Waals surface area contributed by atoms with Crippen molar-refractivity contribution in [2.45, 2.75) is 32.4 Å². The molecule has 2 aromatic carbocycles. The van der Waals surface area contributed by atoms with Gasteiger partial charge >= 0.3 is 0 Å². The number of carbonyl (C=O) groups is 2. The molecule has 8 heteroatoms. The van der Waals surface area contributed by atoms with Crippen LogP contribution in [0.5, 0.6) is 11.5 Å². The van der Waals surface area contributed by atoms with Crippen LogP contribution in [0.2, 0.25) is 5.02 Å². The minimum absolute atomic E-state index is 0.00531. The second kappa shape index (κ2) is 10.7. The number of ketones is 1. The summed E-state index contributed by atoms with van der Waals surface area (Å²) < 4.78 is 16.0. The zero-order chi connectivity index (χ0) is 24.1. The summed E-state index contributed by atoms with van der Waals surface area (Å²) in [6.45, 7) is 4.57. The monoisotopic (exact) mass is 473 g/mol. The molecule has 7 nitrogen and oxygen atoms in total. The van der Waals surface area contributed by atoms with Gasteiger partial charge in [-0.3, -0.25) is 9.59 Å². The second-order valence-electron chi connectivity index (χ2n) is 7.92. The van der Waals surface area contributed by atoms with Gasteiger partial charge in [0.15, 0.2) is 0 Å². The van der Waals surface area contributed by atoms with Crippen LogP contribution < -0.4 is 9.47 Å². The second-order valence-corrected chi connectivity index (χ2v) is 8.33. The van der Waals surface area contributed by atoms with Gasteiger partial charge in [-0.15, -0.1) is 0 Å². The summed E-state index contributed by atoms with van der Waals surface area (Å²) in [5, 5.41) is 11.4. The maximum atomic E-state index is 13.1. The number of methoxy groups -OCH3 is 2. The summed E-state index contributed by atoms with van der Waals surface area (Å²) in [5.74, 6) is -0.669. The zero-order valence-electron chi connectivity index (χ0n) is 19.1. The van der Waals surface area contributed by atoms with E-state index in [-0.39, 0.29) is 34.6 Å². The molecule has 0 aliphatic carbocycles. The van der Waals surface area contributed by atoms with Gasteiger partial charge in [-0.05, 0) is 56.2 Å². The van der Waals surface area contributed by atoms with E-state index < -0.39 is 17.7 Å². The van der Waals surface area contributed by atoms with E-state index in [1.165, 1.54) is 18.1 Å². The van der Waals surface area contributed by atoms with Crippen molar-refractivity contribution in [2.75, 3.05) is 27.4 Å². The quantitative estimate of drug-likeness (QED) is 0.248. The Hall–Kier alpha value is -3.03. The lowest BCUT2D eigenvalue weighted by Crippen LogP contribution is -2.31. The summed E-state index contributed by atoms with van der Waals surface area (Å²) >= 11 is 6.32. The van der Waals surface area contributed by atoms with Gasteiger partial charge < -0.3 is 24.2 Å². The predicted molar refractivity (Wildman–Crippen MR) is 126 cm³/mol. The number of Topliss-reactive ketones (excluding diaryl/α,β-unsaturated/α-hetero) is 1. The molecule has 0 spiro atoms. The molecule has 1 aliphatic rings. The molecule has 1 unspecified atom stereocenters. The van der Waals surface area contributed by atoms with Gasteiger partial charge in [0.2, 0.25) is 0 Å². The smallest absolute Gasteiger partial charge is 0.295 e. The van der Waals surface area contributed by atoms with E-state index in [1.807, 2.05) is 13.8 Å². The molecule has 1 saturated heterocycles. The lowest BCUT2D eigenvalue weighted by molar-refractivity contribution is -0.140. The van der Waals surface area contributed by atoms with E-state index in [9.17, 15) is 14.7 Å². The highest BCUT2D eigenvalue weighted by molar-refractivity contribution is 6.47. The third kappa shape index (κ3) is 5.31. The highest BCUT2D eigenvalue weighted by Crippen LogP contribution is 2.41. The molecule has 1 amide bonds. The minimum Gasteiger partial charge on any atom is -0.507 e. The number of ether oxygens (including phenoxy) is 3. The molecule has 1 atom stereocenters. The Balaban J connectivity index is 2.12. The highest BCUT2D eigenvalue weighted by Gasteiger charge is 2.46. The van der Waals surface area contributed by atoms with Crippen molar-refractivity contribution in [1.29, 1.82) is 0 Å². The third-order valence-electron chi connectivity index (χ3n) is 5.28. The minimum atomic E-state index is -0.780. The van der Waals surface area contributed by atoms with Gasteiger partial charge in [-0.1, -0.05) is 23.7 Å². The van der Waals surface area contributed by atoms with Crippen molar-refractivity contribution in [1.82, 2.24) is 4.90 Å². The molecule has 1 heterocycles. The number of carbonyl (C=O) groups excluding carboxylic acids is 2. The number of hydrogen-bond donors (Lipinski definition) is 1. The van der Waals surface area contributed by atoms with E-state index in [4.69, 9.17) is 25.8 Å². The summed E-state index contributed by atoms with van der Waals surface area (Å²) in [7, 11) is 3.06. The van der Waals surface area contributed by atoms with Crippen LogP contribution in [-0.2, 0) is 14.3 Å². The fourth-order valence-electron chi connectivity index (χ4n) is 3.80. The first-order valence-corrected chi connectivity index (χ1v) is 11.0. The number of nitrogens with zero attached hydrogens (tertiary/aromatic N) is 1. The summed E-state index contributed by atoms with van der Waals surface area (Å²) in [6.07, 6.45) is 0.542. The maximum absolute atomic E-state index is 13.1. The first kappa shape index (κ1) is 24.6. The van der Waals surface area contributed by atoms with Gasteiger partial charge in [0.1, 0.15) is 17.3 Å². The van der Waals surface area contributed by atoms with Crippen molar-refractivity contribution >= 4 is 29.1 Å². The molecular formula is C25H28ClNO6. The van der Waals surface area contributed by atoms with Crippen LogP contribution in [0, 0.1) is 0 Å². The van der Waals surface area contributed by atoms with Crippen molar-refractivity contribution in [3.63, 3.8) is 0 Å². The first-order valence-electron chi connectivity index (χ1n) is 10.7. The van der Waals surface area contributed by atoms with Gasteiger partial charge in [-0.25, -0.2) is 0 Å². The fraction of sp³-hybridized carbons (Fsp3) is 0.360. The van der Waals surface area contributed by atoms with Crippen LogP contribution in [-0.4, -0.2) is 55.2 Å². The summed E-state index contributed by atoms with van der Waals surface area (Å²) in [5.41, 5.74) is 0.865. The van der Waals surface area contributed by atoms with E-state index in [1.54, 1.807) is 43.5 Å². The number of aliphatic hydroxyl groups excluding tert-OH is 1. The topological polar surface area (TPSA) is 85.3 Å². The molecule has 0 saturated carbocycles. The largest absolute Gasteiger partial charge is 0.507 e. The number of rotatable bonds is 9. The highest BCUT2D eigenvalue weighted by atomic mass is 35.5. The van der Waals surface area contributed by atoms with Gasteiger partial charge in [0, 0.05) is 25.8 Å². The Bertz CT molecular complexity index is 1050. The number of likely N-dealkylation sites (tertiary alicyclic amines) is 1. The van der Waals surface area contributed by atoms with Crippen LogP contribution >= 0.6 is 11.6 Å². The van der Waals surface area contributed by atoms with Crippen LogP contribution in [0.4, 0.5) is 0 Å². The molecule has 33 heavy (non-hydrogen) atoms. The molecule has 1 N–H and O–H groups in total. The lowest BCUT2D eigenvalue weighted by Gasteiger charge is -2.25. The molecule has 1 fully saturated rings. The number of benzene rings is 2. The van der Waals surface area contributed by atoms with Crippen LogP contribution in [0.25, 0.3) is 5.76 Å². The van der Waals surface area contributed by atoms with Gasteiger partial charge in [0.25, 0.3) is 11.7 Å². The van der Waals surface area contributed by atoms with Crippen molar-refractivity contribution in [3.8, 4) is 11.5 Å². The van der Waals surface area contributed by atoms with Gasteiger partial charge in [-0.2, -0.15) is 0 Å². The normalized spacial score (nSPS) is 17.6. The Morgan fingerprint density at radius 1 is 1.09 bits per heavy atom.